The Hall–Kier alpha value is -1.43. The Bertz CT molecular complexity index is 648. The zero-order chi connectivity index (χ0) is 22.2. The Kier molecular flexibility index (Phi) is 9.01. The standard InChI is InChI=1S/C26H44N4O2/c31-25(30-19-17-29(18-20-30)21-11-7-3-1-4-8-12-21)16-15-24-27-23-14-10-6-2-5-9-13-22(23)26(32)28-24/h21-23H,1-20H2,(H,27,28,32). The van der Waals surface area contributed by atoms with Crippen LogP contribution in [0.2, 0.25) is 0 Å². The first-order valence-electron chi connectivity index (χ1n) is 13.6. The van der Waals surface area contributed by atoms with Gasteiger partial charge in [0.15, 0.2) is 0 Å². The lowest BCUT2D eigenvalue weighted by Gasteiger charge is -2.40. The van der Waals surface area contributed by atoms with Crippen LogP contribution in [0, 0.1) is 5.92 Å². The van der Waals surface area contributed by atoms with Crippen LogP contribution in [-0.4, -0.2) is 65.7 Å². The Morgan fingerprint density at radius 2 is 1.41 bits per heavy atom. The van der Waals surface area contributed by atoms with Crippen molar-refractivity contribution in [1.82, 2.24) is 15.1 Å². The largest absolute Gasteiger partial charge is 0.340 e. The summed E-state index contributed by atoms with van der Waals surface area (Å²) >= 11 is 0. The molecule has 1 saturated heterocycles. The molecule has 6 nitrogen and oxygen atoms in total. The molecule has 4 rings (SSSR count). The number of carbonyl (C=O) groups excluding carboxylic acids is 2. The first-order valence-corrected chi connectivity index (χ1v) is 13.6. The van der Waals surface area contributed by atoms with E-state index in [-0.39, 0.29) is 23.8 Å². The van der Waals surface area contributed by atoms with Crippen LogP contribution in [0.5, 0.6) is 0 Å². The molecular formula is C26H44N4O2. The van der Waals surface area contributed by atoms with E-state index >= 15 is 0 Å². The molecule has 3 fully saturated rings. The number of aliphatic imine (C=N–C) groups is 1. The molecule has 6 heteroatoms. The summed E-state index contributed by atoms with van der Waals surface area (Å²) in [6.45, 7) is 3.72. The molecule has 0 bridgehead atoms. The van der Waals surface area contributed by atoms with Crippen molar-refractivity contribution in [3.63, 3.8) is 0 Å². The highest BCUT2D eigenvalue weighted by Crippen LogP contribution is 2.27. The number of carbonyl (C=O) groups is 2. The predicted octanol–water partition coefficient (Wildman–Crippen LogP) is 4.28. The molecule has 4 aliphatic rings. The third-order valence-corrected chi connectivity index (χ3v) is 8.24. The first-order chi connectivity index (χ1) is 15.7. The lowest BCUT2D eigenvalue weighted by atomic mass is 9.89. The number of hydrogen-bond acceptors (Lipinski definition) is 4. The zero-order valence-corrected chi connectivity index (χ0v) is 20.0. The molecule has 2 aliphatic carbocycles. The summed E-state index contributed by atoms with van der Waals surface area (Å²) in [5.74, 6) is 1.14. The van der Waals surface area contributed by atoms with Crippen molar-refractivity contribution in [1.29, 1.82) is 0 Å². The van der Waals surface area contributed by atoms with Crippen LogP contribution in [0.15, 0.2) is 4.99 Å². The lowest BCUT2D eigenvalue weighted by molar-refractivity contribution is -0.133. The minimum atomic E-state index is 0.0360. The van der Waals surface area contributed by atoms with Crippen molar-refractivity contribution in [2.24, 2.45) is 10.9 Å². The number of amidine groups is 1. The molecule has 0 radical (unpaired) electrons. The van der Waals surface area contributed by atoms with Crippen molar-refractivity contribution in [2.75, 3.05) is 26.2 Å². The van der Waals surface area contributed by atoms with E-state index < -0.39 is 0 Å². The third-order valence-electron chi connectivity index (χ3n) is 8.24. The fourth-order valence-corrected chi connectivity index (χ4v) is 6.22. The van der Waals surface area contributed by atoms with E-state index in [4.69, 9.17) is 4.99 Å². The number of amides is 2. The molecule has 0 spiro atoms. The van der Waals surface area contributed by atoms with Crippen LogP contribution in [0.1, 0.15) is 103 Å². The molecule has 32 heavy (non-hydrogen) atoms. The predicted molar refractivity (Wildman–Crippen MR) is 129 cm³/mol. The van der Waals surface area contributed by atoms with E-state index in [1.807, 2.05) is 4.90 Å². The van der Waals surface area contributed by atoms with Gasteiger partial charge in [-0.1, -0.05) is 64.2 Å². The summed E-state index contributed by atoms with van der Waals surface area (Å²) < 4.78 is 0. The smallest absolute Gasteiger partial charge is 0.230 e. The molecular weight excluding hydrogens is 400 g/mol. The van der Waals surface area contributed by atoms with Crippen molar-refractivity contribution in [3.8, 4) is 0 Å². The van der Waals surface area contributed by atoms with Gasteiger partial charge in [-0.25, -0.2) is 0 Å². The average molecular weight is 445 g/mol. The van der Waals surface area contributed by atoms with E-state index in [9.17, 15) is 9.59 Å². The number of piperazine rings is 1. The van der Waals surface area contributed by atoms with E-state index in [0.717, 1.165) is 63.7 Å². The topological polar surface area (TPSA) is 65.0 Å². The fraction of sp³-hybridized carbons (Fsp3) is 0.885. The minimum Gasteiger partial charge on any atom is -0.340 e. The SMILES string of the molecule is O=C1NC(CCC(=O)N2CCN(C3CCCCCCC3)CC2)=NC2CCCCCCCC12. The van der Waals surface area contributed by atoms with E-state index in [2.05, 4.69) is 10.2 Å². The third kappa shape index (κ3) is 6.55. The summed E-state index contributed by atoms with van der Waals surface area (Å²) in [5, 5.41) is 3.04. The van der Waals surface area contributed by atoms with Gasteiger partial charge < -0.3 is 10.2 Å². The van der Waals surface area contributed by atoms with Gasteiger partial charge in [0.1, 0.15) is 5.84 Å². The molecule has 2 unspecified atom stereocenters. The number of nitrogens with zero attached hydrogens (tertiary/aromatic N) is 3. The molecule has 1 N–H and O–H groups in total. The van der Waals surface area contributed by atoms with Crippen molar-refractivity contribution in [2.45, 2.75) is 115 Å². The van der Waals surface area contributed by atoms with Gasteiger partial charge in [0, 0.05) is 45.1 Å². The Labute approximate surface area is 194 Å². The molecule has 2 heterocycles. The molecule has 0 aromatic carbocycles. The van der Waals surface area contributed by atoms with Gasteiger partial charge >= 0.3 is 0 Å². The van der Waals surface area contributed by atoms with Gasteiger partial charge in [-0.15, -0.1) is 0 Å². The van der Waals surface area contributed by atoms with Crippen molar-refractivity contribution < 1.29 is 9.59 Å². The lowest BCUT2D eigenvalue weighted by Crippen LogP contribution is -2.52. The quantitative estimate of drug-likeness (QED) is 0.704. The highest BCUT2D eigenvalue weighted by molar-refractivity contribution is 6.02. The highest BCUT2D eigenvalue weighted by atomic mass is 16.2. The van der Waals surface area contributed by atoms with Gasteiger partial charge in [-0.2, -0.15) is 0 Å². The number of rotatable bonds is 4. The number of hydrogen-bond donors (Lipinski definition) is 1. The number of fused-ring (bicyclic) bond motifs is 1. The Balaban J connectivity index is 1.23. The van der Waals surface area contributed by atoms with Gasteiger partial charge in [0.2, 0.25) is 11.8 Å². The zero-order valence-electron chi connectivity index (χ0n) is 20.0. The van der Waals surface area contributed by atoms with E-state index in [1.165, 1.54) is 64.2 Å². The van der Waals surface area contributed by atoms with Gasteiger partial charge in [0.05, 0.1) is 12.0 Å². The van der Waals surface area contributed by atoms with E-state index in [0.29, 0.717) is 12.8 Å². The maximum atomic E-state index is 12.9. The molecule has 2 saturated carbocycles. The molecule has 2 amide bonds. The van der Waals surface area contributed by atoms with Crippen LogP contribution in [0.25, 0.3) is 0 Å². The van der Waals surface area contributed by atoms with Crippen molar-refractivity contribution >= 4 is 17.6 Å². The van der Waals surface area contributed by atoms with Gasteiger partial charge in [-0.3, -0.25) is 19.5 Å². The second-order valence-electron chi connectivity index (χ2n) is 10.5. The second-order valence-corrected chi connectivity index (χ2v) is 10.5. The highest BCUT2D eigenvalue weighted by Gasteiger charge is 2.33. The summed E-state index contributed by atoms with van der Waals surface area (Å²) in [7, 11) is 0. The van der Waals surface area contributed by atoms with Crippen LogP contribution in [-0.2, 0) is 9.59 Å². The van der Waals surface area contributed by atoms with Crippen LogP contribution in [0.3, 0.4) is 0 Å². The number of nitrogens with one attached hydrogen (secondary N) is 1. The molecule has 2 atom stereocenters. The average Bonchev–Trinajstić information content (AvgIpc) is 2.90. The maximum Gasteiger partial charge on any atom is 0.230 e. The van der Waals surface area contributed by atoms with E-state index in [1.54, 1.807) is 0 Å². The molecule has 2 aliphatic heterocycles. The second kappa shape index (κ2) is 12.2. The fourth-order valence-electron chi connectivity index (χ4n) is 6.22. The Morgan fingerprint density at radius 3 is 2.09 bits per heavy atom. The summed E-state index contributed by atoms with van der Waals surface area (Å²) in [5.41, 5.74) is 0. The molecule has 0 aromatic heterocycles. The monoisotopic (exact) mass is 444 g/mol. The summed E-state index contributed by atoms with van der Waals surface area (Å²) in [4.78, 5) is 35.2. The van der Waals surface area contributed by atoms with Crippen LogP contribution in [0.4, 0.5) is 0 Å². The summed E-state index contributed by atoms with van der Waals surface area (Å²) in [6, 6.07) is 0.847. The molecule has 0 aromatic rings. The first kappa shape index (κ1) is 23.7. The van der Waals surface area contributed by atoms with Crippen LogP contribution >= 0.6 is 0 Å². The summed E-state index contributed by atoms with van der Waals surface area (Å²) in [6.07, 6.45) is 18.6. The molecule has 180 valence electrons. The Morgan fingerprint density at radius 1 is 0.812 bits per heavy atom. The normalized spacial score (nSPS) is 29.4. The van der Waals surface area contributed by atoms with Crippen molar-refractivity contribution in [3.05, 3.63) is 0 Å². The maximum absolute atomic E-state index is 12.9. The van der Waals surface area contributed by atoms with Gasteiger partial charge in [-0.05, 0) is 25.7 Å². The minimum absolute atomic E-state index is 0.0360. The van der Waals surface area contributed by atoms with Crippen LogP contribution < -0.4 is 5.32 Å². The van der Waals surface area contributed by atoms with Gasteiger partial charge in [0.25, 0.3) is 0 Å².